The van der Waals surface area contributed by atoms with Crippen LogP contribution in [0.2, 0.25) is 0 Å². The third kappa shape index (κ3) is 3.35. The SMILES string of the molecule is CC1CN(C2CCCC(CO)(NC3CC3)C2)CC(C)O1. The van der Waals surface area contributed by atoms with E-state index >= 15 is 0 Å². The van der Waals surface area contributed by atoms with E-state index < -0.39 is 0 Å². The van der Waals surface area contributed by atoms with Gasteiger partial charge in [0.2, 0.25) is 0 Å². The summed E-state index contributed by atoms with van der Waals surface area (Å²) in [5, 5.41) is 13.7. The Bertz CT molecular complexity index is 324. The molecule has 0 spiro atoms. The van der Waals surface area contributed by atoms with Crippen molar-refractivity contribution >= 4 is 0 Å². The first-order valence-electron chi connectivity index (χ1n) is 8.38. The van der Waals surface area contributed by atoms with Crippen molar-refractivity contribution in [1.82, 2.24) is 10.2 Å². The maximum absolute atomic E-state index is 9.93. The van der Waals surface area contributed by atoms with E-state index in [9.17, 15) is 5.11 Å². The van der Waals surface area contributed by atoms with Crippen molar-refractivity contribution in [2.75, 3.05) is 19.7 Å². The topological polar surface area (TPSA) is 44.7 Å². The summed E-state index contributed by atoms with van der Waals surface area (Å²) in [6.07, 6.45) is 7.97. The van der Waals surface area contributed by atoms with E-state index in [2.05, 4.69) is 24.1 Å². The van der Waals surface area contributed by atoms with Gasteiger partial charge in [0.1, 0.15) is 0 Å². The van der Waals surface area contributed by atoms with E-state index in [4.69, 9.17) is 4.74 Å². The second-order valence-corrected chi connectivity index (χ2v) is 7.32. The van der Waals surface area contributed by atoms with Crippen LogP contribution < -0.4 is 5.32 Å². The molecule has 4 atom stereocenters. The highest BCUT2D eigenvalue weighted by molar-refractivity contribution is 5.01. The highest BCUT2D eigenvalue weighted by Crippen LogP contribution is 2.35. The number of aliphatic hydroxyl groups excluding tert-OH is 1. The van der Waals surface area contributed by atoms with E-state index in [0.717, 1.165) is 25.9 Å². The fourth-order valence-electron chi connectivity index (χ4n) is 4.14. The molecule has 4 unspecified atom stereocenters. The molecule has 0 bridgehead atoms. The summed E-state index contributed by atoms with van der Waals surface area (Å²) >= 11 is 0. The molecule has 0 aromatic heterocycles. The zero-order chi connectivity index (χ0) is 14.2. The second-order valence-electron chi connectivity index (χ2n) is 7.32. The number of hydrogen-bond acceptors (Lipinski definition) is 4. The van der Waals surface area contributed by atoms with Gasteiger partial charge in [-0.05, 0) is 52.4 Å². The van der Waals surface area contributed by atoms with Crippen molar-refractivity contribution in [2.45, 2.75) is 82.2 Å². The molecule has 3 aliphatic rings. The molecule has 1 saturated heterocycles. The van der Waals surface area contributed by atoms with Gasteiger partial charge in [-0.3, -0.25) is 4.90 Å². The lowest BCUT2D eigenvalue weighted by Crippen LogP contribution is -2.59. The molecule has 20 heavy (non-hydrogen) atoms. The summed E-state index contributed by atoms with van der Waals surface area (Å²) in [5.74, 6) is 0. The van der Waals surface area contributed by atoms with Crippen molar-refractivity contribution in [2.24, 2.45) is 0 Å². The smallest absolute Gasteiger partial charge is 0.0678 e. The number of aliphatic hydroxyl groups is 1. The molecular formula is C16H30N2O2. The highest BCUT2D eigenvalue weighted by Gasteiger charge is 2.42. The molecule has 0 amide bonds. The standard InChI is InChI=1S/C16H30N2O2/c1-12-9-18(10-13(2)20-12)15-4-3-7-16(8-15,11-19)17-14-5-6-14/h12-15,17,19H,3-11H2,1-2H3. The second kappa shape index (κ2) is 5.91. The molecule has 1 heterocycles. The number of nitrogens with zero attached hydrogens (tertiary/aromatic N) is 1. The van der Waals surface area contributed by atoms with Gasteiger partial charge in [0, 0.05) is 30.7 Å². The van der Waals surface area contributed by atoms with Crippen molar-refractivity contribution < 1.29 is 9.84 Å². The molecule has 2 N–H and O–H groups in total. The maximum Gasteiger partial charge on any atom is 0.0678 e. The lowest BCUT2D eigenvalue weighted by Gasteiger charge is -2.47. The van der Waals surface area contributed by atoms with Crippen LogP contribution in [0.1, 0.15) is 52.4 Å². The number of hydrogen-bond donors (Lipinski definition) is 2. The summed E-state index contributed by atoms with van der Waals surface area (Å²) in [6.45, 7) is 6.72. The third-order valence-electron chi connectivity index (χ3n) is 5.17. The van der Waals surface area contributed by atoms with E-state index in [1.807, 2.05) is 0 Å². The van der Waals surface area contributed by atoms with Gasteiger partial charge in [-0.1, -0.05) is 0 Å². The van der Waals surface area contributed by atoms with E-state index in [1.54, 1.807) is 0 Å². The van der Waals surface area contributed by atoms with Gasteiger partial charge in [0.25, 0.3) is 0 Å². The lowest BCUT2D eigenvalue weighted by atomic mass is 9.78. The van der Waals surface area contributed by atoms with Gasteiger partial charge in [-0.15, -0.1) is 0 Å². The molecule has 0 radical (unpaired) electrons. The quantitative estimate of drug-likeness (QED) is 0.821. The van der Waals surface area contributed by atoms with Crippen LogP contribution in [-0.4, -0.2) is 59.5 Å². The lowest BCUT2D eigenvalue weighted by molar-refractivity contribution is -0.0899. The molecule has 3 fully saturated rings. The van der Waals surface area contributed by atoms with Gasteiger partial charge < -0.3 is 15.2 Å². The summed E-state index contributed by atoms with van der Waals surface area (Å²) in [4.78, 5) is 2.61. The Kier molecular flexibility index (Phi) is 4.37. The number of nitrogens with one attached hydrogen (secondary N) is 1. The molecule has 4 heteroatoms. The number of rotatable bonds is 4. The average Bonchev–Trinajstić information content (AvgIpc) is 3.22. The fourth-order valence-corrected chi connectivity index (χ4v) is 4.14. The van der Waals surface area contributed by atoms with Crippen LogP contribution in [-0.2, 0) is 4.74 Å². The molecule has 116 valence electrons. The number of ether oxygens (including phenoxy) is 1. The molecule has 1 aliphatic heterocycles. The summed E-state index contributed by atoms with van der Waals surface area (Å²) in [7, 11) is 0. The Morgan fingerprint density at radius 2 is 1.90 bits per heavy atom. The van der Waals surface area contributed by atoms with Gasteiger partial charge in [0.05, 0.1) is 18.8 Å². The largest absolute Gasteiger partial charge is 0.394 e. The van der Waals surface area contributed by atoms with Crippen LogP contribution in [0.25, 0.3) is 0 Å². The van der Waals surface area contributed by atoms with Crippen molar-refractivity contribution in [3.05, 3.63) is 0 Å². The predicted molar refractivity (Wildman–Crippen MR) is 79.8 cm³/mol. The average molecular weight is 282 g/mol. The summed E-state index contributed by atoms with van der Waals surface area (Å²) < 4.78 is 5.85. The molecule has 2 aliphatic carbocycles. The third-order valence-corrected chi connectivity index (χ3v) is 5.17. The minimum absolute atomic E-state index is 0.0190. The van der Waals surface area contributed by atoms with Crippen LogP contribution in [0.4, 0.5) is 0 Å². The monoisotopic (exact) mass is 282 g/mol. The predicted octanol–water partition coefficient (Wildman–Crippen LogP) is 1.52. The molecule has 0 aromatic carbocycles. The zero-order valence-corrected chi connectivity index (χ0v) is 13.0. The first-order chi connectivity index (χ1) is 9.60. The van der Waals surface area contributed by atoms with Crippen LogP contribution in [0, 0.1) is 0 Å². The Morgan fingerprint density at radius 3 is 2.50 bits per heavy atom. The van der Waals surface area contributed by atoms with Crippen molar-refractivity contribution in [1.29, 1.82) is 0 Å². The summed E-state index contributed by atoms with van der Waals surface area (Å²) in [6, 6.07) is 1.28. The van der Waals surface area contributed by atoms with Crippen LogP contribution in [0.5, 0.6) is 0 Å². The van der Waals surface area contributed by atoms with Crippen LogP contribution >= 0.6 is 0 Å². The summed E-state index contributed by atoms with van der Waals surface area (Å²) in [5.41, 5.74) is -0.0190. The minimum atomic E-state index is -0.0190. The number of morpholine rings is 1. The van der Waals surface area contributed by atoms with E-state index in [1.165, 1.54) is 25.7 Å². The minimum Gasteiger partial charge on any atom is -0.394 e. The van der Waals surface area contributed by atoms with Crippen LogP contribution in [0.15, 0.2) is 0 Å². The van der Waals surface area contributed by atoms with Gasteiger partial charge >= 0.3 is 0 Å². The molecular weight excluding hydrogens is 252 g/mol. The van der Waals surface area contributed by atoms with Crippen molar-refractivity contribution in [3.63, 3.8) is 0 Å². The Morgan fingerprint density at radius 1 is 1.20 bits per heavy atom. The Hall–Kier alpha value is -0.160. The Balaban J connectivity index is 1.64. The molecule has 4 nitrogen and oxygen atoms in total. The normalized spacial score (nSPS) is 43.6. The van der Waals surface area contributed by atoms with Gasteiger partial charge in [-0.2, -0.15) is 0 Å². The molecule has 2 saturated carbocycles. The van der Waals surface area contributed by atoms with Gasteiger partial charge in [0.15, 0.2) is 0 Å². The first kappa shape index (κ1) is 14.8. The fraction of sp³-hybridized carbons (Fsp3) is 1.00. The van der Waals surface area contributed by atoms with Crippen LogP contribution in [0.3, 0.4) is 0 Å². The molecule has 3 rings (SSSR count). The molecule has 0 aromatic rings. The Labute approximate surface area is 122 Å². The van der Waals surface area contributed by atoms with Gasteiger partial charge in [-0.25, -0.2) is 0 Å². The van der Waals surface area contributed by atoms with E-state index in [0.29, 0.717) is 24.3 Å². The van der Waals surface area contributed by atoms with E-state index in [-0.39, 0.29) is 12.1 Å². The zero-order valence-electron chi connectivity index (χ0n) is 13.0. The first-order valence-corrected chi connectivity index (χ1v) is 8.38. The van der Waals surface area contributed by atoms with Crippen molar-refractivity contribution in [3.8, 4) is 0 Å². The highest BCUT2D eigenvalue weighted by atomic mass is 16.5. The maximum atomic E-state index is 9.93.